The second-order valence-corrected chi connectivity index (χ2v) is 7.80. The molecule has 0 aromatic carbocycles. The Bertz CT molecular complexity index is 309. The van der Waals surface area contributed by atoms with Crippen molar-refractivity contribution in [2.24, 2.45) is 23.2 Å². The fraction of sp³-hybridized carbons (Fsp3) is 0.889. The van der Waals surface area contributed by atoms with Gasteiger partial charge in [0.15, 0.2) is 0 Å². The summed E-state index contributed by atoms with van der Waals surface area (Å²) in [4.78, 5) is 0. The first-order chi connectivity index (χ1) is 9.80. The van der Waals surface area contributed by atoms with Crippen molar-refractivity contribution in [3.8, 4) is 0 Å². The van der Waals surface area contributed by atoms with E-state index in [1.807, 2.05) is 0 Å². The molecule has 0 aromatic rings. The number of nitrogens with one attached hydrogen (secondary N) is 1. The van der Waals surface area contributed by atoms with Gasteiger partial charge in [0.25, 0.3) is 0 Å². The predicted octanol–water partition coefficient (Wildman–Crippen LogP) is 3.24. The number of ether oxygens (including phenoxy) is 1. The molecule has 21 heavy (non-hydrogen) atoms. The molecule has 0 heterocycles. The summed E-state index contributed by atoms with van der Waals surface area (Å²) in [5.74, 6) is 1.88. The molecule has 0 radical (unpaired) electrons. The van der Waals surface area contributed by atoms with E-state index in [1.165, 1.54) is 0 Å². The minimum atomic E-state index is -0.411. The number of rotatable bonds is 8. The molecular weight excluding hydrogens is 262 g/mol. The Morgan fingerprint density at radius 3 is 2.52 bits per heavy atom. The van der Waals surface area contributed by atoms with Crippen molar-refractivity contribution in [2.45, 2.75) is 53.6 Å². The Labute approximate surface area is 131 Å². The van der Waals surface area contributed by atoms with Crippen molar-refractivity contribution in [3.63, 3.8) is 0 Å². The minimum Gasteiger partial charge on any atom is -0.389 e. The summed E-state index contributed by atoms with van der Waals surface area (Å²) < 4.78 is 5.71. The van der Waals surface area contributed by atoms with Crippen LogP contribution < -0.4 is 5.32 Å². The highest BCUT2D eigenvalue weighted by Gasteiger charge is 2.20. The molecule has 3 nitrogen and oxygen atoms in total. The first-order valence-electron chi connectivity index (χ1n) is 8.42. The van der Waals surface area contributed by atoms with Crippen molar-refractivity contribution < 1.29 is 9.84 Å². The monoisotopic (exact) mass is 297 g/mol. The van der Waals surface area contributed by atoms with Gasteiger partial charge < -0.3 is 15.2 Å². The van der Waals surface area contributed by atoms with E-state index >= 15 is 0 Å². The molecule has 0 bridgehead atoms. The molecule has 0 amide bonds. The maximum absolute atomic E-state index is 9.96. The Balaban J connectivity index is 2.09. The highest BCUT2D eigenvalue weighted by atomic mass is 16.5. The predicted molar refractivity (Wildman–Crippen MR) is 89.3 cm³/mol. The SMILES string of the molecule is CC1CC=CCC1COCC(O)CNCC(C)C(C)(C)C. The molecule has 3 heteroatoms. The first kappa shape index (κ1) is 18.7. The third-order valence-electron chi connectivity index (χ3n) is 4.87. The molecule has 0 saturated heterocycles. The zero-order chi connectivity index (χ0) is 15.9. The van der Waals surface area contributed by atoms with Gasteiger partial charge in [-0.05, 0) is 42.6 Å². The summed E-state index contributed by atoms with van der Waals surface area (Å²) in [6.45, 7) is 14.0. The Kier molecular flexibility index (Phi) is 7.93. The van der Waals surface area contributed by atoms with Crippen LogP contribution in [-0.2, 0) is 4.74 Å². The lowest BCUT2D eigenvalue weighted by Crippen LogP contribution is -2.36. The third kappa shape index (κ3) is 7.44. The number of allylic oxidation sites excluding steroid dienone is 2. The lowest BCUT2D eigenvalue weighted by atomic mass is 9.82. The van der Waals surface area contributed by atoms with Gasteiger partial charge in [-0.15, -0.1) is 0 Å². The molecule has 124 valence electrons. The highest BCUT2D eigenvalue weighted by Crippen LogP contribution is 2.25. The summed E-state index contributed by atoms with van der Waals surface area (Å²) in [5, 5.41) is 13.3. The standard InChI is InChI=1S/C18H35NO2/c1-14-8-6-7-9-16(14)12-21-13-17(20)11-19-10-15(2)18(3,4)5/h6-7,14-17,19-20H,8-13H2,1-5H3. The van der Waals surface area contributed by atoms with Crippen LogP contribution in [0.2, 0.25) is 0 Å². The second kappa shape index (κ2) is 8.92. The second-order valence-electron chi connectivity index (χ2n) is 7.80. The van der Waals surface area contributed by atoms with E-state index in [0.29, 0.717) is 36.3 Å². The molecule has 1 aliphatic rings. The van der Waals surface area contributed by atoms with Gasteiger partial charge in [0.2, 0.25) is 0 Å². The topological polar surface area (TPSA) is 41.5 Å². The average Bonchev–Trinajstić information content (AvgIpc) is 2.39. The van der Waals surface area contributed by atoms with Crippen molar-refractivity contribution >= 4 is 0 Å². The van der Waals surface area contributed by atoms with Gasteiger partial charge >= 0.3 is 0 Å². The molecule has 0 aromatic heterocycles. The fourth-order valence-electron chi connectivity index (χ4n) is 2.43. The maximum Gasteiger partial charge on any atom is 0.0897 e. The van der Waals surface area contributed by atoms with Crippen molar-refractivity contribution in [2.75, 3.05) is 26.3 Å². The van der Waals surface area contributed by atoms with E-state index < -0.39 is 6.10 Å². The molecule has 4 unspecified atom stereocenters. The van der Waals surface area contributed by atoms with Crippen LogP contribution in [0.15, 0.2) is 12.2 Å². The summed E-state index contributed by atoms with van der Waals surface area (Å²) in [5.41, 5.74) is 0.305. The number of hydrogen-bond acceptors (Lipinski definition) is 3. The molecular formula is C18H35NO2. The number of hydrogen-bond donors (Lipinski definition) is 2. The van der Waals surface area contributed by atoms with E-state index in [1.54, 1.807) is 0 Å². The van der Waals surface area contributed by atoms with Crippen LogP contribution in [0.1, 0.15) is 47.5 Å². The molecule has 2 N–H and O–H groups in total. The van der Waals surface area contributed by atoms with Crippen molar-refractivity contribution in [1.29, 1.82) is 0 Å². The Morgan fingerprint density at radius 2 is 1.90 bits per heavy atom. The van der Waals surface area contributed by atoms with Crippen LogP contribution in [0, 0.1) is 23.2 Å². The zero-order valence-corrected chi connectivity index (χ0v) is 14.6. The zero-order valence-electron chi connectivity index (χ0n) is 14.6. The van der Waals surface area contributed by atoms with E-state index in [9.17, 15) is 5.11 Å². The lowest BCUT2D eigenvalue weighted by Gasteiger charge is -2.28. The molecule has 1 aliphatic carbocycles. The van der Waals surface area contributed by atoms with E-state index in [2.05, 4.69) is 52.1 Å². The van der Waals surface area contributed by atoms with Gasteiger partial charge in [0.05, 0.1) is 19.3 Å². The third-order valence-corrected chi connectivity index (χ3v) is 4.87. The minimum absolute atomic E-state index is 0.305. The number of aliphatic hydroxyl groups excluding tert-OH is 1. The van der Waals surface area contributed by atoms with Crippen LogP contribution in [-0.4, -0.2) is 37.5 Å². The Hall–Kier alpha value is -0.380. The van der Waals surface area contributed by atoms with Gasteiger partial charge in [-0.25, -0.2) is 0 Å². The van der Waals surface area contributed by atoms with E-state index in [4.69, 9.17) is 4.74 Å². The highest BCUT2D eigenvalue weighted by molar-refractivity contribution is 4.93. The molecule has 0 fully saturated rings. The van der Waals surface area contributed by atoms with Crippen LogP contribution in [0.5, 0.6) is 0 Å². The molecule has 0 spiro atoms. The summed E-state index contributed by atoms with van der Waals surface area (Å²) in [7, 11) is 0. The maximum atomic E-state index is 9.96. The quantitative estimate of drug-likeness (QED) is 0.676. The van der Waals surface area contributed by atoms with Gasteiger partial charge in [-0.3, -0.25) is 0 Å². The van der Waals surface area contributed by atoms with Crippen LogP contribution in [0.4, 0.5) is 0 Å². The van der Waals surface area contributed by atoms with Crippen molar-refractivity contribution in [1.82, 2.24) is 5.32 Å². The van der Waals surface area contributed by atoms with Gasteiger partial charge in [0.1, 0.15) is 0 Å². The summed E-state index contributed by atoms with van der Waals surface area (Å²) >= 11 is 0. The summed E-state index contributed by atoms with van der Waals surface area (Å²) in [6, 6.07) is 0. The van der Waals surface area contributed by atoms with E-state index in [0.717, 1.165) is 26.0 Å². The molecule has 0 saturated carbocycles. The van der Waals surface area contributed by atoms with Crippen LogP contribution in [0.3, 0.4) is 0 Å². The molecule has 0 aliphatic heterocycles. The van der Waals surface area contributed by atoms with Gasteiger partial charge in [-0.2, -0.15) is 0 Å². The summed E-state index contributed by atoms with van der Waals surface area (Å²) in [6.07, 6.45) is 6.36. The largest absolute Gasteiger partial charge is 0.389 e. The smallest absolute Gasteiger partial charge is 0.0897 e. The first-order valence-corrected chi connectivity index (χ1v) is 8.42. The lowest BCUT2D eigenvalue weighted by molar-refractivity contribution is 0.0122. The average molecular weight is 297 g/mol. The Morgan fingerprint density at radius 1 is 1.24 bits per heavy atom. The van der Waals surface area contributed by atoms with Crippen LogP contribution in [0.25, 0.3) is 0 Å². The fourth-order valence-corrected chi connectivity index (χ4v) is 2.43. The van der Waals surface area contributed by atoms with Gasteiger partial charge in [0, 0.05) is 6.54 Å². The number of aliphatic hydroxyl groups is 1. The molecule has 4 atom stereocenters. The van der Waals surface area contributed by atoms with Gasteiger partial charge in [-0.1, -0.05) is 46.8 Å². The normalized spacial score (nSPS) is 25.8. The van der Waals surface area contributed by atoms with Crippen LogP contribution >= 0.6 is 0 Å². The molecule has 1 rings (SSSR count). The van der Waals surface area contributed by atoms with Crippen molar-refractivity contribution in [3.05, 3.63) is 12.2 Å². The van der Waals surface area contributed by atoms with E-state index in [-0.39, 0.29) is 0 Å².